The van der Waals surface area contributed by atoms with Crippen molar-refractivity contribution in [3.63, 3.8) is 0 Å². The highest BCUT2D eigenvalue weighted by Gasteiger charge is 2.26. The molecule has 3 heterocycles. The van der Waals surface area contributed by atoms with Crippen LogP contribution in [0.25, 0.3) is 0 Å². The lowest BCUT2D eigenvalue weighted by Crippen LogP contribution is -2.50. The van der Waals surface area contributed by atoms with Gasteiger partial charge in [-0.3, -0.25) is 14.6 Å². The zero-order chi connectivity index (χ0) is 17.8. The average molecular weight is 358 g/mol. The maximum atomic E-state index is 12.8. The van der Waals surface area contributed by atoms with Gasteiger partial charge in [0.1, 0.15) is 4.88 Å². The number of nitrogens with zero attached hydrogens (tertiary/aromatic N) is 4. The lowest BCUT2D eigenvalue weighted by Gasteiger charge is -2.34. The van der Waals surface area contributed by atoms with Crippen LogP contribution < -0.4 is 0 Å². The zero-order valence-corrected chi connectivity index (χ0v) is 15.4. The van der Waals surface area contributed by atoms with Gasteiger partial charge >= 0.3 is 0 Å². The van der Waals surface area contributed by atoms with Crippen molar-refractivity contribution < 1.29 is 9.59 Å². The molecular weight excluding hydrogens is 336 g/mol. The van der Waals surface area contributed by atoms with Crippen LogP contribution in [0.15, 0.2) is 24.5 Å². The van der Waals surface area contributed by atoms with Crippen molar-refractivity contribution in [2.75, 3.05) is 26.2 Å². The molecule has 0 spiro atoms. The van der Waals surface area contributed by atoms with Gasteiger partial charge in [-0.05, 0) is 31.0 Å². The van der Waals surface area contributed by atoms with Gasteiger partial charge in [0.05, 0.1) is 10.7 Å². The first-order chi connectivity index (χ1) is 12.0. The van der Waals surface area contributed by atoms with Gasteiger partial charge in [0.25, 0.3) is 5.91 Å². The molecule has 2 aromatic heterocycles. The fraction of sp³-hybridized carbons (Fsp3) is 0.444. The number of piperazine rings is 1. The fourth-order valence-electron chi connectivity index (χ4n) is 2.93. The van der Waals surface area contributed by atoms with Crippen LogP contribution in [0.3, 0.4) is 0 Å². The molecule has 1 aliphatic rings. The summed E-state index contributed by atoms with van der Waals surface area (Å²) in [6, 6.07) is 4.00. The topological polar surface area (TPSA) is 66.4 Å². The molecule has 0 aromatic carbocycles. The summed E-state index contributed by atoms with van der Waals surface area (Å²) in [6.07, 6.45) is 5.29. The van der Waals surface area contributed by atoms with E-state index in [0.29, 0.717) is 26.2 Å². The number of hydrogen-bond acceptors (Lipinski definition) is 5. The van der Waals surface area contributed by atoms with Gasteiger partial charge < -0.3 is 9.80 Å². The number of carbonyl (C=O) groups is 2. The molecule has 25 heavy (non-hydrogen) atoms. The van der Waals surface area contributed by atoms with Gasteiger partial charge in [-0.1, -0.05) is 0 Å². The van der Waals surface area contributed by atoms with Crippen LogP contribution >= 0.6 is 11.3 Å². The SMILES string of the molecule is CC(=O)N1CCN(C(=O)c2sc(CCc3ccncc3)nc2C)CC1. The summed E-state index contributed by atoms with van der Waals surface area (Å²) in [6.45, 7) is 5.84. The summed E-state index contributed by atoms with van der Waals surface area (Å²) in [5.74, 6) is 0.104. The Balaban J connectivity index is 1.62. The number of pyridine rings is 1. The van der Waals surface area contributed by atoms with E-state index in [0.717, 1.165) is 28.4 Å². The Morgan fingerprint density at radius 2 is 1.72 bits per heavy atom. The molecule has 3 rings (SSSR count). The molecule has 2 amide bonds. The Labute approximate surface area is 151 Å². The number of carbonyl (C=O) groups excluding carboxylic acids is 2. The minimum Gasteiger partial charge on any atom is -0.339 e. The van der Waals surface area contributed by atoms with Gasteiger partial charge in [0.15, 0.2) is 0 Å². The molecule has 0 bridgehead atoms. The number of aromatic nitrogens is 2. The second-order valence-electron chi connectivity index (χ2n) is 6.18. The lowest BCUT2D eigenvalue weighted by molar-refractivity contribution is -0.130. The highest BCUT2D eigenvalue weighted by molar-refractivity contribution is 7.13. The predicted octanol–water partition coefficient (Wildman–Crippen LogP) is 1.94. The molecule has 0 N–H and O–H groups in total. The Morgan fingerprint density at radius 3 is 2.36 bits per heavy atom. The molecule has 1 fully saturated rings. The molecule has 1 aliphatic heterocycles. The summed E-state index contributed by atoms with van der Waals surface area (Å²) in [4.78, 5) is 37.1. The minimum absolute atomic E-state index is 0.0355. The average Bonchev–Trinajstić information content (AvgIpc) is 3.01. The number of aryl methyl sites for hydroxylation is 3. The van der Waals surface area contributed by atoms with Gasteiger partial charge in [0, 0.05) is 51.9 Å². The molecule has 0 saturated carbocycles. The number of thiazole rings is 1. The molecule has 1 saturated heterocycles. The predicted molar refractivity (Wildman–Crippen MR) is 96.7 cm³/mol. The van der Waals surface area contributed by atoms with E-state index in [-0.39, 0.29) is 11.8 Å². The van der Waals surface area contributed by atoms with E-state index in [2.05, 4.69) is 9.97 Å². The normalized spacial score (nSPS) is 14.6. The largest absolute Gasteiger partial charge is 0.339 e. The smallest absolute Gasteiger partial charge is 0.265 e. The quantitative estimate of drug-likeness (QED) is 0.838. The summed E-state index contributed by atoms with van der Waals surface area (Å²) >= 11 is 1.49. The molecular formula is C18H22N4O2S. The van der Waals surface area contributed by atoms with Gasteiger partial charge in [0.2, 0.25) is 5.91 Å². The molecule has 0 atom stereocenters. The van der Waals surface area contributed by atoms with E-state index < -0.39 is 0 Å². The lowest BCUT2D eigenvalue weighted by atomic mass is 10.1. The van der Waals surface area contributed by atoms with Crippen LogP contribution in [-0.4, -0.2) is 57.8 Å². The fourth-order valence-corrected chi connectivity index (χ4v) is 3.96. The van der Waals surface area contributed by atoms with Gasteiger partial charge in [-0.25, -0.2) is 4.98 Å². The standard InChI is InChI=1S/C18H22N4O2S/c1-13-17(18(24)22-11-9-21(10-12-22)14(2)23)25-16(20-13)4-3-15-5-7-19-8-6-15/h5-8H,3-4,9-12H2,1-2H3. The van der Waals surface area contributed by atoms with Crippen LogP contribution in [0.2, 0.25) is 0 Å². The third-order valence-electron chi connectivity index (χ3n) is 4.42. The monoisotopic (exact) mass is 358 g/mol. The van der Waals surface area contributed by atoms with Crippen LogP contribution in [0.4, 0.5) is 0 Å². The molecule has 132 valence electrons. The molecule has 6 nitrogen and oxygen atoms in total. The summed E-state index contributed by atoms with van der Waals surface area (Å²) < 4.78 is 0. The summed E-state index contributed by atoms with van der Waals surface area (Å²) in [5, 5.41) is 0.986. The van der Waals surface area contributed by atoms with Gasteiger partial charge in [-0.2, -0.15) is 0 Å². The first kappa shape index (κ1) is 17.5. The van der Waals surface area contributed by atoms with Crippen molar-refractivity contribution in [2.45, 2.75) is 26.7 Å². The molecule has 7 heteroatoms. The van der Waals surface area contributed by atoms with Crippen LogP contribution in [0.5, 0.6) is 0 Å². The molecule has 0 unspecified atom stereocenters. The van der Waals surface area contributed by atoms with E-state index >= 15 is 0 Å². The van der Waals surface area contributed by atoms with Crippen molar-refractivity contribution in [1.82, 2.24) is 19.8 Å². The number of amides is 2. The van der Waals surface area contributed by atoms with Crippen molar-refractivity contribution in [2.24, 2.45) is 0 Å². The summed E-state index contributed by atoms with van der Waals surface area (Å²) in [5.41, 5.74) is 2.02. The maximum Gasteiger partial charge on any atom is 0.265 e. The van der Waals surface area contributed by atoms with E-state index in [9.17, 15) is 9.59 Å². The van der Waals surface area contributed by atoms with Crippen LogP contribution in [0.1, 0.15) is 32.9 Å². The van der Waals surface area contributed by atoms with Gasteiger partial charge in [-0.15, -0.1) is 11.3 Å². The maximum absolute atomic E-state index is 12.8. The molecule has 0 radical (unpaired) electrons. The zero-order valence-electron chi connectivity index (χ0n) is 14.6. The Morgan fingerprint density at radius 1 is 1.08 bits per heavy atom. The first-order valence-corrected chi connectivity index (χ1v) is 9.26. The van der Waals surface area contributed by atoms with Crippen molar-refractivity contribution in [1.29, 1.82) is 0 Å². The van der Waals surface area contributed by atoms with E-state index in [1.54, 1.807) is 24.2 Å². The van der Waals surface area contributed by atoms with E-state index in [1.807, 2.05) is 24.0 Å². The highest BCUT2D eigenvalue weighted by Crippen LogP contribution is 2.22. The number of hydrogen-bond donors (Lipinski definition) is 0. The Bertz CT molecular complexity index is 752. The van der Waals surface area contributed by atoms with Crippen LogP contribution in [-0.2, 0) is 17.6 Å². The van der Waals surface area contributed by atoms with Crippen molar-refractivity contribution in [3.8, 4) is 0 Å². The number of rotatable bonds is 4. The molecule has 2 aromatic rings. The first-order valence-electron chi connectivity index (χ1n) is 8.44. The minimum atomic E-state index is 0.0355. The highest BCUT2D eigenvalue weighted by atomic mass is 32.1. The van der Waals surface area contributed by atoms with Crippen molar-refractivity contribution >= 4 is 23.2 Å². The molecule has 0 aliphatic carbocycles. The second kappa shape index (κ2) is 7.74. The Kier molecular flexibility index (Phi) is 5.43. The second-order valence-corrected chi connectivity index (χ2v) is 7.26. The van der Waals surface area contributed by atoms with E-state index in [1.165, 1.54) is 16.9 Å². The third kappa shape index (κ3) is 4.22. The third-order valence-corrected chi connectivity index (χ3v) is 5.63. The van der Waals surface area contributed by atoms with Crippen molar-refractivity contribution in [3.05, 3.63) is 45.7 Å². The van der Waals surface area contributed by atoms with Crippen LogP contribution in [0, 0.1) is 6.92 Å². The van der Waals surface area contributed by atoms with E-state index in [4.69, 9.17) is 0 Å². The Hall–Kier alpha value is -2.28. The summed E-state index contributed by atoms with van der Waals surface area (Å²) in [7, 11) is 0.